The number of phenolic OH excluding ortho intramolecular Hbond substituents is 1. The van der Waals surface area contributed by atoms with Gasteiger partial charge in [-0.25, -0.2) is 0 Å². The second-order valence-electron chi connectivity index (χ2n) is 4.94. The lowest BCUT2D eigenvalue weighted by molar-refractivity contribution is -0.120. The van der Waals surface area contributed by atoms with Crippen LogP contribution in [0.15, 0.2) is 18.2 Å². The largest absolute Gasteiger partial charge is 0.506 e. The number of benzene rings is 1. The van der Waals surface area contributed by atoms with Gasteiger partial charge in [-0.15, -0.1) is 0 Å². The van der Waals surface area contributed by atoms with E-state index in [0.717, 1.165) is 18.1 Å². The van der Waals surface area contributed by atoms with E-state index in [-0.39, 0.29) is 23.8 Å². The Labute approximate surface area is 112 Å². The number of nitrogens with two attached hydrogens (primary N) is 1. The fourth-order valence-electron chi connectivity index (χ4n) is 1.76. The number of aromatic hydroxyl groups is 1. The maximum absolute atomic E-state index is 11.6. The summed E-state index contributed by atoms with van der Waals surface area (Å²) in [6, 6.07) is 4.80. The van der Waals surface area contributed by atoms with E-state index in [1.165, 1.54) is 18.9 Å². The zero-order chi connectivity index (χ0) is 13.7. The molecule has 1 aromatic rings. The highest BCUT2D eigenvalue weighted by atomic mass is 16.5. The normalized spacial score (nSPS) is 14.3. The molecule has 5 heteroatoms. The molecule has 1 aliphatic carbocycles. The molecule has 0 saturated heterocycles. The fraction of sp³-hybridized carbons (Fsp3) is 0.500. The molecule has 0 atom stereocenters. The number of nitrogens with one attached hydrogen (secondary N) is 1. The number of phenols is 1. The second kappa shape index (κ2) is 6.43. The minimum Gasteiger partial charge on any atom is -0.506 e. The molecule has 0 bridgehead atoms. The van der Waals surface area contributed by atoms with Crippen LogP contribution in [-0.4, -0.2) is 30.8 Å². The van der Waals surface area contributed by atoms with Crippen LogP contribution in [-0.2, 0) is 16.0 Å². The molecule has 0 spiro atoms. The van der Waals surface area contributed by atoms with Crippen molar-refractivity contribution in [1.82, 2.24) is 5.32 Å². The molecule has 1 aliphatic rings. The molecule has 1 aromatic carbocycles. The molecule has 2 rings (SSSR count). The summed E-state index contributed by atoms with van der Waals surface area (Å²) in [7, 11) is 0. The molecule has 0 aliphatic heterocycles. The molecule has 1 fully saturated rings. The number of carbonyl (C=O) groups excluding carboxylic acids is 1. The molecule has 1 saturated carbocycles. The summed E-state index contributed by atoms with van der Waals surface area (Å²) in [5.74, 6) is 0.716. The van der Waals surface area contributed by atoms with Crippen LogP contribution in [0.5, 0.6) is 5.75 Å². The van der Waals surface area contributed by atoms with Gasteiger partial charge in [0.05, 0.1) is 18.7 Å². The summed E-state index contributed by atoms with van der Waals surface area (Å²) in [6.45, 7) is 1.89. The summed E-state index contributed by atoms with van der Waals surface area (Å²) in [4.78, 5) is 11.6. The number of hydrogen-bond donors (Lipinski definition) is 3. The Kier molecular flexibility index (Phi) is 4.63. The molecule has 104 valence electrons. The topological polar surface area (TPSA) is 84.6 Å². The molecule has 0 unspecified atom stereocenters. The Morgan fingerprint density at radius 2 is 2.26 bits per heavy atom. The van der Waals surface area contributed by atoms with Gasteiger partial charge in [0, 0.05) is 13.2 Å². The third-order valence-electron chi connectivity index (χ3n) is 3.08. The number of rotatable bonds is 7. The molecule has 1 amide bonds. The van der Waals surface area contributed by atoms with Gasteiger partial charge in [-0.3, -0.25) is 4.79 Å². The second-order valence-corrected chi connectivity index (χ2v) is 4.94. The Bertz CT molecular complexity index is 444. The van der Waals surface area contributed by atoms with E-state index in [2.05, 4.69) is 5.32 Å². The standard InChI is InChI=1S/C14H20N2O3/c15-12-7-11(3-4-13(12)17)8-14(18)16-5-6-19-9-10-1-2-10/h3-4,7,10,17H,1-2,5-6,8-9,15H2,(H,16,18). The lowest BCUT2D eigenvalue weighted by atomic mass is 10.1. The van der Waals surface area contributed by atoms with Crippen molar-refractivity contribution in [1.29, 1.82) is 0 Å². The van der Waals surface area contributed by atoms with Crippen molar-refractivity contribution in [3.8, 4) is 5.75 Å². The van der Waals surface area contributed by atoms with E-state index < -0.39 is 0 Å². The zero-order valence-corrected chi connectivity index (χ0v) is 10.9. The van der Waals surface area contributed by atoms with E-state index in [4.69, 9.17) is 10.5 Å². The van der Waals surface area contributed by atoms with Crippen LogP contribution in [0.25, 0.3) is 0 Å². The number of hydrogen-bond acceptors (Lipinski definition) is 4. The van der Waals surface area contributed by atoms with E-state index in [1.807, 2.05) is 0 Å². The number of anilines is 1. The van der Waals surface area contributed by atoms with Crippen LogP contribution in [0, 0.1) is 5.92 Å². The molecule has 0 heterocycles. The van der Waals surface area contributed by atoms with E-state index in [0.29, 0.717) is 13.2 Å². The first-order valence-electron chi connectivity index (χ1n) is 6.57. The van der Waals surface area contributed by atoms with Crippen molar-refractivity contribution in [2.24, 2.45) is 5.92 Å². The van der Waals surface area contributed by atoms with E-state index in [9.17, 15) is 9.90 Å². The first-order chi connectivity index (χ1) is 9.15. The lowest BCUT2D eigenvalue weighted by Crippen LogP contribution is -2.28. The molecule has 5 nitrogen and oxygen atoms in total. The fourth-order valence-corrected chi connectivity index (χ4v) is 1.76. The summed E-state index contributed by atoms with van der Waals surface area (Å²) < 4.78 is 5.43. The SMILES string of the molecule is Nc1cc(CC(=O)NCCOCC2CC2)ccc1O. The van der Waals surface area contributed by atoms with Crippen molar-refractivity contribution in [3.05, 3.63) is 23.8 Å². The van der Waals surface area contributed by atoms with Gasteiger partial charge in [0.2, 0.25) is 5.91 Å². The van der Waals surface area contributed by atoms with Crippen LogP contribution >= 0.6 is 0 Å². The van der Waals surface area contributed by atoms with Crippen molar-refractivity contribution < 1.29 is 14.6 Å². The number of ether oxygens (including phenoxy) is 1. The Morgan fingerprint density at radius 1 is 1.47 bits per heavy atom. The highest BCUT2D eigenvalue weighted by molar-refractivity contribution is 5.79. The maximum atomic E-state index is 11.6. The predicted molar refractivity (Wildman–Crippen MR) is 72.8 cm³/mol. The van der Waals surface area contributed by atoms with Crippen LogP contribution in [0.1, 0.15) is 18.4 Å². The molecule has 4 N–H and O–H groups in total. The molecule has 19 heavy (non-hydrogen) atoms. The van der Waals surface area contributed by atoms with Gasteiger partial charge in [0.1, 0.15) is 5.75 Å². The van der Waals surface area contributed by atoms with Gasteiger partial charge < -0.3 is 20.9 Å². The Hall–Kier alpha value is -1.75. The third-order valence-corrected chi connectivity index (χ3v) is 3.08. The number of nitrogen functional groups attached to an aromatic ring is 1. The molecule has 0 aromatic heterocycles. The van der Waals surface area contributed by atoms with Crippen LogP contribution in [0.3, 0.4) is 0 Å². The first-order valence-corrected chi connectivity index (χ1v) is 6.57. The zero-order valence-electron chi connectivity index (χ0n) is 10.9. The number of amides is 1. The van der Waals surface area contributed by atoms with Crippen molar-refractivity contribution >= 4 is 11.6 Å². The highest BCUT2D eigenvalue weighted by Gasteiger charge is 2.20. The molecule has 0 radical (unpaired) electrons. The minimum atomic E-state index is -0.0693. The first kappa shape index (κ1) is 13.7. The highest BCUT2D eigenvalue weighted by Crippen LogP contribution is 2.28. The van der Waals surface area contributed by atoms with Gasteiger partial charge >= 0.3 is 0 Å². The molecular weight excluding hydrogens is 244 g/mol. The van der Waals surface area contributed by atoms with Crippen molar-refractivity contribution in [2.75, 3.05) is 25.5 Å². The Morgan fingerprint density at radius 3 is 2.95 bits per heavy atom. The van der Waals surface area contributed by atoms with Crippen LogP contribution in [0.4, 0.5) is 5.69 Å². The van der Waals surface area contributed by atoms with Gasteiger partial charge in [0.25, 0.3) is 0 Å². The van der Waals surface area contributed by atoms with E-state index in [1.54, 1.807) is 12.1 Å². The van der Waals surface area contributed by atoms with Crippen LogP contribution < -0.4 is 11.1 Å². The van der Waals surface area contributed by atoms with Crippen molar-refractivity contribution in [2.45, 2.75) is 19.3 Å². The molecular formula is C14H20N2O3. The predicted octanol–water partition coefficient (Wildman–Crippen LogP) is 1.06. The summed E-state index contributed by atoms with van der Waals surface area (Å²) in [5, 5.41) is 12.1. The smallest absolute Gasteiger partial charge is 0.224 e. The van der Waals surface area contributed by atoms with Crippen molar-refractivity contribution in [3.63, 3.8) is 0 Å². The Balaban J connectivity index is 1.63. The van der Waals surface area contributed by atoms with Crippen LogP contribution in [0.2, 0.25) is 0 Å². The lowest BCUT2D eigenvalue weighted by Gasteiger charge is -2.07. The van der Waals surface area contributed by atoms with Gasteiger partial charge in [-0.1, -0.05) is 6.07 Å². The quantitative estimate of drug-likeness (QED) is 0.390. The monoisotopic (exact) mass is 264 g/mol. The van der Waals surface area contributed by atoms with Gasteiger partial charge in [-0.05, 0) is 36.5 Å². The maximum Gasteiger partial charge on any atom is 0.224 e. The number of carbonyl (C=O) groups is 1. The minimum absolute atomic E-state index is 0.0395. The summed E-state index contributed by atoms with van der Waals surface area (Å²) >= 11 is 0. The van der Waals surface area contributed by atoms with E-state index >= 15 is 0 Å². The summed E-state index contributed by atoms with van der Waals surface area (Å²) in [6.07, 6.45) is 2.80. The average molecular weight is 264 g/mol. The van der Waals surface area contributed by atoms with Gasteiger partial charge in [-0.2, -0.15) is 0 Å². The summed E-state index contributed by atoms with van der Waals surface area (Å²) in [5.41, 5.74) is 6.64. The van der Waals surface area contributed by atoms with Gasteiger partial charge in [0.15, 0.2) is 0 Å². The average Bonchev–Trinajstić information content (AvgIpc) is 3.17. The third kappa shape index (κ3) is 4.79.